The first-order valence-corrected chi connectivity index (χ1v) is 7.47. The molecule has 1 aliphatic heterocycles. The molecule has 1 unspecified atom stereocenters. The van der Waals surface area contributed by atoms with Gasteiger partial charge in [-0.3, -0.25) is 4.90 Å². The van der Waals surface area contributed by atoms with E-state index >= 15 is 0 Å². The maximum Gasteiger partial charge on any atom is 0.389 e. The van der Waals surface area contributed by atoms with Crippen molar-refractivity contribution < 1.29 is 13.2 Å². The Hall–Kier alpha value is -0.330. The molecule has 0 radical (unpaired) electrons. The second-order valence-electron chi connectivity index (χ2n) is 6.14. The summed E-state index contributed by atoms with van der Waals surface area (Å²) in [5.41, 5.74) is 5.46. The van der Waals surface area contributed by atoms with E-state index in [9.17, 15) is 13.2 Å². The normalized spacial score (nSPS) is 20.6. The fourth-order valence-corrected chi connectivity index (χ4v) is 2.69. The van der Waals surface area contributed by atoms with Crippen molar-refractivity contribution in [2.75, 3.05) is 39.8 Å². The highest BCUT2D eigenvalue weighted by molar-refractivity contribution is 4.86. The van der Waals surface area contributed by atoms with Crippen LogP contribution in [0, 0.1) is 0 Å². The molecule has 0 aromatic heterocycles. The molecular formula is C14H28F3N3. The van der Waals surface area contributed by atoms with Gasteiger partial charge in [0.2, 0.25) is 0 Å². The minimum Gasteiger partial charge on any atom is -0.329 e. The number of likely N-dealkylation sites (N-methyl/N-ethyl adjacent to an activating group) is 1. The lowest BCUT2D eigenvalue weighted by Crippen LogP contribution is -2.51. The van der Waals surface area contributed by atoms with Crippen molar-refractivity contribution in [3.05, 3.63) is 0 Å². The van der Waals surface area contributed by atoms with Crippen LogP contribution >= 0.6 is 0 Å². The Balaban J connectivity index is 2.36. The quantitative estimate of drug-likeness (QED) is 0.746. The van der Waals surface area contributed by atoms with Gasteiger partial charge in [-0.15, -0.1) is 0 Å². The van der Waals surface area contributed by atoms with Crippen LogP contribution in [-0.2, 0) is 0 Å². The van der Waals surface area contributed by atoms with Crippen LogP contribution in [0.1, 0.15) is 39.0 Å². The number of hydrogen-bond donors (Lipinski definition) is 1. The van der Waals surface area contributed by atoms with Gasteiger partial charge in [-0.1, -0.05) is 0 Å². The Bertz CT molecular complexity index is 277. The number of nitrogens with two attached hydrogens (primary N) is 1. The van der Waals surface area contributed by atoms with Crippen molar-refractivity contribution in [3.8, 4) is 0 Å². The Morgan fingerprint density at radius 2 is 1.75 bits per heavy atom. The van der Waals surface area contributed by atoms with E-state index in [-0.39, 0.29) is 12.0 Å². The first kappa shape index (κ1) is 17.7. The molecule has 120 valence electrons. The van der Waals surface area contributed by atoms with E-state index in [1.165, 1.54) is 12.8 Å². The monoisotopic (exact) mass is 295 g/mol. The predicted molar refractivity (Wildman–Crippen MR) is 75.7 cm³/mol. The molecule has 0 aliphatic carbocycles. The largest absolute Gasteiger partial charge is 0.389 e. The van der Waals surface area contributed by atoms with Gasteiger partial charge in [-0.25, -0.2) is 0 Å². The molecule has 1 heterocycles. The molecule has 1 atom stereocenters. The fourth-order valence-electron chi connectivity index (χ4n) is 2.69. The molecule has 0 bridgehead atoms. The number of halogens is 3. The first-order chi connectivity index (χ1) is 9.27. The van der Waals surface area contributed by atoms with Gasteiger partial charge in [-0.2, -0.15) is 13.2 Å². The van der Waals surface area contributed by atoms with Gasteiger partial charge in [0.15, 0.2) is 0 Å². The Morgan fingerprint density at radius 3 is 2.25 bits per heavy atom. The van der Waals surface area contributed by atoms with E-state index in [2.05, 4.69) is 9.80 Å². The third kappa shape index (κ3) is 5.97. The summed E-state index contributed by atoms with van der Waals surface area (Å²) >= 11 is 0. The molecule has 1 rings (SSSR count). The van der Waals surface area contributed by atoms with Crippen molar-refractivity contribution in [1.29, 1.82) is 0 Å². The molecule has 1 saturated heterocycles. The standard InChI is InChI=1S/C14H28F3N3/c1-13(12-18,6-5-7-14(15,16)17)19(2)10-11-20-8-3-4-9-20/h3-12,18H2,1-2H3. The van der Waals surface area contributed by atoms with Gasteiger partial charge in [-0.05, 0) is 52.7 Å². The third-order valence-electron chi connectivity index (χ3n) is 4.49. The molecule has 1 fully saturated rings. The number of nitrogens with zero attached hydrogens (tertiary/aromatic N) is 2. The van der Waals surface area contributed by atoms with Gasteiger partial charge in [0.05, 0.1) is 0 Å². The highest BCUT2D eigenvalue weighted by atomic mass is 19.4. The number of rotatable bonds is 8. The molecule has 20 heavy (non-hydrogen) atoms. The lowest BCUT2D eigenvalue weighted by Gasteiger charge is -2.39. The van der Waals surface area contributed by atoms with Gasteiger partial charge in [0.1, 0.15) is 0 Å². The van der Waals surface area contributed by atoms with Crippen LogP contribution in [0.5, 0.6) is 0 Å². The van der Waals surface area contributed by atoms with Crippen LogP contribution in [0.2, 0.25) is 0 Å². The highest BCUT2D eigenvalue weighted by Crippen LogP contribution is 2.26. The Labute approximate surface area is 120 Å². The fraction of sp³-hybridized carbons (Fsp3) is 1.00. The van der Waals surface area contributed by atoms with E-state index in [0.717, 1.165) is 26.2 Å². The Morgan fingerprint density at radius 1 is 1.15 bits per heavy atom. The summed E-state index contributed by atoms with van der Waals surface area (Å²) < 4.78 is 36.7. The summed E-state index contributed by atoms with van der Waals surface area (Å²) in [5.74, 6) is 0. The van der Waals surface area contributed by atoms with Gasteiger partial charge < -0.3 is 10.6 Å². The second-order valence-corrected chi connectivity index (χ2v) is 6.14. The van der Waals surface area contributed by atoms with Gasteiger partial charge in [0.25, 0.3) is 0 Å². The first-order valence-electron chi connectivity index (χ1n) is 7.47. The van der Waals surface area contributed by atoms with Crippen molar-refractivity contribution in [3.63, 3.8) is 0 Å². The molecule has 0 spiro atoms. The lowest BCUT2D eigenvalue weighted by atomic mass is 9.93. The molecule has 3 nitrogen and oxygen atoms in total. The van der Waals surface area contributed by atoms with Crippen molar-refractivity contribution in [2.24, 2.45) is 5.73 Å². The van der Waals surface area contributed by atoms with Crippen LogP contribution in [0.25, 0.3) is 0 Å². The number of hydrogen-bond acceptors (Lipinski definition) is 3. The van der Waals surface area contributed by atoms with E-state index in [4.69, 9.17) is 5.73 Å². The molecule has 0 aromatic carbocycles. The van der Waals surface area contributed by atoms with E-state index in [1.807, 2.05) is 14.0 Å². The maximum absolute atomic E-state index is 12.2. The van der Waals surface area contributed by atoms with Crippen molar-refractivity contribution in [1.82, 2.24) is 9.80 Å². The molecule has 6 heteroatoms. The van der Waals surface area contributed by atoms with E-state index in [1.54, 1.807) is 0 Å². The summed E-state index contributed by atoms with van der Waals surface area (Å²) in [4.78, 5) is 4.53. The molecule has 0 amide bonds. The molecular weight excluding hydrogens is 267 g/mol. The SMILES string of the molecule is CN(CCN1CCCC1)C(C)(CN)CCCC(F)(F)F. The molecule has 0 saturated carbocycles. The van der Waals surface area contributed by atoms with Gasteiger partial charge in [0, 0.05) is 31.6 Å². The minimum absolute atomic E-state index is 0.144. The average molecular weight is 295 g/mol. The maximum atomic E-state index is 12.2. The summed E-state index contributed by atoms with van der Waals surface area (Å²) in [6.07, 6.45) is -1.65. The van der Waals surface area contributed by atoms with Gasteiger partial charge >= 0.3 is 6.18 Å². The van der Waals surface area contributed by atoms with Crippen molar-refractivity contribution >= 4 is 0 Å². The van der Waals surface area contributed by atoms with Crippen LogP contribution in [-0.4, -0.2) is 61.3 Å². The predicted octanol–water partition coefficient (Wildman–Crippen LogP) is 2.46. The number of likely N-dealkylation sites (tertiary alicyclic amines) is 1. The summed E-state index contributed by atoms with van der Waals surface area (Å²) in [5, 5.41) is 0. The van der Waals surface area contributed by atoms with Crippen LogP contribution in [0.15, 0.2) is 0 Å². The minimum atomic E-state index is -4.07. The summed E-state index contributed by atoms with van der Waals surface area (Å²) in [6, 6.07) is 0. The summed E-state index contributed by atoms with van der Waals surface area (Å²) in [7, 11) is 1.97. The highest BCUT2D eigenvalue weighted by Gasteiger charge is 2.31. The van der Waals surface area contributed by atoms with Crippen LogP contribution in [0.3, 0.4) is 0 Å². The lowest BCUT2D eigenvalue weighted by molar-refractivity contribution is -0.136. The summed E-state index contributed by atoms with van der Waals surface area (Å²) in [6.45, 7) is 6.47. The zero-order chi connectivity index (χ0) is 15.2. The van der Waals surface area contributed by atoms with Crippen LogP contribution < -0.4 is 5.73 Å². The smallest absolute Gasteiger partial charge is 0.329 e. The Kier molecular flexibility index (Phi) is 6.75. The van der Waals surface area contributed by atoms with E-state index < -0.39 is 12.6 Å². The molecule has 0 aromatic rings. The second kappa shape index (κ2) is 7.61. The topological polar surface area (TPSA) is 32.5 Å². The number of alkyl halides is 3. The zero-order valence-corrected chi connectivity index (χ0v) is 12.7. The van der Waals surface area contributed by atoms with Crippen LogP contribution in [0.4, 0.5) is 13.2 Å². The van der Waals surface area contributed by atoms with Crippen molar-refractivity contribution in [2.45, 2.75) is 50.7 Å². The molecule has 2 N–H and O–H groups in total. The zero-order valence-electron chi connectivity index (χ0n) is 12.7. The third-order valence-corrected chi connectivity index (χ3v) is 4.49. The molecule has 1 aliphatic rings. The average Bonchev–Trinajstić information content (AvgIpc) is 2.87. The van der Waals surface area contributed by atoms with E-state index in [0.29, 0.717) is 13.0 Å².